The van der Waals surface area contributed by atoms with Crippen LogP contribution >= 0.6 is 0 Å². The quantitative estimate of drug-likeness (QED) is 0.850. The molecule has 1 atom stereocenters. The Kier molecular flexibility index (Phi) is 4.89. The molecule has 2 aliphatic heterocycles. The topological polar surface area (TPSA) is 45.7 Å². The molecule has 2 aromatic rings. The van der Waals surface area contributed by atoms with Crippen molar-refractivity contribution in [2.75, 3.05) is 26.2 Å². The van der Waals surface area contributed by atoms with Crippen molar-refractivity contribution in [3.8, 4) is 5.75 Å². The lowest BCUT2D eigenvalue weighted by Gasteiger charge is -2.37. The molecule has 0 spiro atoms. The molecule has 5 heteroatoms. The molecule has 2 fully saturated rings. The van der Waals surface area contributed by atoms with Crippen LogP contribution in [-0.2, 0) is 6.61 Å². The van der Waals surface area contributed by atoms with Crippen LogP contribution < -0.4 is 4.74 Å². The molecule has 0 radical (unpaired) electrons. The second-order valence-electron chi connectivity index (χ2n) is 7.21. The van der Waals surface area contributed by atoms with Crippen LogP contribution in [0.3, 0.4) is 0 Å². The number of amides is 1. The lowest BCUT2D eigenvalue weighted by atomic mass is 10.1. The van der Waals surface area contributed by atoms with E-state index in [0.717, 1.165) is 42.2 Å². The van der Waals surface area contributed by atoms with Crippen LogP contribution in [0.25, 0.3) is 0 Å². The summed E-state index contributed by atoms with van der Waals surface area (Å²) in [6.07, 6.45) is 4.20. The van der Waals surface area contributed by atoms with E-state index >= 15 is 0 Å². The van der Waals surface area contributed by atoms with Gasteiger partial charge in [0.05, 0.1) is 6.20 Å². The fourth-order valence-corrected chi connectivity index (χ4v) is 3.86. The number of aryl methyl sites for hydroxylation is 1. The first-order valence-electron chi connectivity index (χ1n) is 9.37. The molecule has 0 saturated carbocycles. The SMILES string of the molecule is Cc1ccc(OCc2cccc(C(=O)N3CCN4CCC[C@H]4C3)c2)cn1. The third-order valence-electron chi connectivity index (χ3n) is 5.34. The summed E-state index contributed by atoms with van der Waals surface area (Å²) in [6, 6.07) is 12.2. The van der Waals surface area contributed by atoms with Gasteiger partial charge in [-0.15, -0.1) is 0 Å². The molecule has 0 unspecified atom stereocenters. The number of hydrogen-bond acceptors (Lipinski definition) is 4. The maximum absolute atomic E-state index is 12.9. The van der Waals surface area contributed by atoms with Gasteiger partial charge in [-0.2, -0.15) is 0 Å². The van der Waals surface area contributed by atoms with E-state index in [1.54, 1.807) is 6.20 Å². The van der Waals surface area contributed by atoms with Gasteiger partial charge in [0.1, 0.15) is 12.4 Å². The van der Waals surface area contributed by atoms with Crippen molar-refractivity contribution in [3.63, 3.8) is 0 Å². The molecule has 3 heterocycles. The lowest BCUT2D eigenvalue weighted by molar-refractivity contribution is 0.0571. The summed E-state index contributed by atoms with van der Waals surface area (Å²) < 4.78 is 5.79. The maximum Gasteiger partial charge on any atom is 0.253 e. The first-order valence-corrected chi connectivity index (χ1v) is 9.37. The van der Waals surface area contributed by atoms with Gasteiger partial charge in [0.15, 0.2) is 0 Å². The Labute approximate surface area is 154 Å². The van der Waals surface area contributed by atoms with Crippen molar-refractivity contribution in [2.45, 2.75) is 32.4 Å². The average Bonchev–Trinajstić information content (AvgIpc) is 3.15. The number of carbonyl (C=O) groups excluding carboxylic acids is 1. The normalized spacial score (nSPS) is 20.0. The summed E-state index contributed by atoms with van der Waals surface area (Å²) in [5.41, 5.74) is 2.71. The third kappa shape index (κ3) is 3.73. The second kappa shape index (κ2) is 7.46. The second-order valence-corrected chi connectivity index (χ2v) is 7.21. The smallest absolute Gasteiger partial charge is 0.253 e. The fraction of sp³-hybridized carbons (Fsp3) is 0.429. The first kappa shape index (κ1) is 17.0. The Bertz CT molecular complexity index is 775. The van der Waals surface area contributed by atoms with Gasteiger partial charge < -0.3 is 9.64 Å². The van der Waals surface area contributed by atoms with Crippen LogP contribution in [0.4, 0.5) is 0 Å². The predicted octanol–water partition coefficient (Wildman–Crippen LogP) is 2.89. The number of ether oxygens (including phenoxy) is 1. The number of fused-ring (bicyclic) bond motifs is 1. The number of hydrogen-bond donors (Lipinski definition) is 0. The van der Waals surface area contributed by atoms with Crippen molar-refractivity contribution in [3.05, 3.63) is 59.4 Å². The molecular weight excluding hydrogens is 326 g/mol. The Balaban J connectivity index is 1.40. The van der Waals surface area contributed by atoms with Gasteiger partial charge in [0.2, 0.25) is 0 Å². The summed E-state index contributed by atoms with van der Waals surface area (Å²) in [4.78, 5) is 21.7. The summed E-state index contributed by atoms with van der Waals surface area (Å²) in [7, 11) is 0. The van der Waals surface area contributed by atoms with Crippen molar-refractivity contribution in [2.24, 2.45) is 0 Å². The number of aromatic nitrogens is 1. The molecule has 0 aliphatic carbocycles. The molecule has 2 saturated heterocycles. The monoisotopic (exact) mass is 351 g/mol. The molecule has 1 aromatic heterocycles. The largest absolute Gasteiger partial charge is 0.487 e. The number of benzene rings is 1. The highest BCUT2D eigenvalue weighted by atomic mass is 16.5. The fourth-order valence-electron chi connectivity index (χ4n) is 3.86. The zero-order chi connectivity index (χ0) is 17.9. The number of piperazine rings is 1. The van der Waals surface area contributed by atoms with Gasteiger partial charge in [-0.3, -0.25) is 14.7 Å². The van der Waals surface area contributed by atoms with E-state index in [1.807, 2.05) is 48.2 Å². The van der Waals surface area contributed by atoms with E-state index in [9.17, 15) is 4.79 Å². The van der Waals surface area contributed by atoms with E-state index in [1.165, 1.54) is 19.4 Å². The molecule has 1 aromatic carbocycles. The summed E-state index contributed by atoms with van der Waals surface area (Å²) >= 11 is 0. The highest BCUT2D eigenvalue weighted by molar-refractivity contribution is 5.94. The van der Waals surface area contributed by atoms with Crippen LogP contribution in [0, 0.1) is 6.92 Å². The van der Waals surface area contributed by atoms with Crippen LogP contribution in [0.5, 0.6) is 5.75 Å². The minimum atomic E-state index is 0.135. The average molecular weight is 351 g/mol. The number of nitrogens with zero attached hydrogens (tertiary/aromatic N) is 3. The number of rotatable bonds is 4. The van der Waals surface area contributed by atoms with Crippen molar-refractivity contribution < 1.29 is 9.53 Å². The molecular formula is C21H25N3O2. The molecule has 5 nitrogen and oxygen atoms in total. The highest BCUT2D eigenvalue weighted by Gasteiger charge is 2.32. The van der Waals surface area contributed by atoms with Crippen molar-refractivity contribution >= 4 is 5.91 Å². The number of carbonyl (C=O) groups is 1. The summed E-state index contributed by atoms with van der Waals surface area (Å²) in [6.45, 7) is 6.25. The van der Waals surface area contributed by atoms with Gasteiger partial charge in [0, 0.05) is 36.9 Å². The zero-order valence-corrected chi connectivity index (χ0v) is 15.2. The Hall–Kier alpha value is -2.40. The maximum atomic E-state index is 12.9. The van der Waals surface area contributed by atoms with Crippen LogP contribution in [0.2, 0.25) is 0 Å². The summed E-state index contributed by atoms with van der Waals surface area (Å²) in [5, 5.41) is 0. The van der Waals surface area contributed by atoms with E-state index in [2.05, 4.69) is 9.88 Å². The van der Waals surface area contributed by atoms with Gasteiger partial charge in [-0.05, 0) is 56.1 Å². The van der Waals surface area contributed by atoms with Crippen LogP contribution in [0.15, 0.2) is 42.6 Å². The van der Waals surface area contributed by atoms with Crippen molar-refractivity contribution in [1.82, 2.24) is 14.8 Å². The van der Waals surface area contributed by atoms with Crippen LogP contribution in [-0.4, -0.2) is 52.9 Å². The molecule has 1 amide bonds. The minimum Gasteiger partial charge on any atom is -0.487 e. The van der Waals surface area contributed by atoms with Gasteiger partial charge >= 0.3 is 0 Å². The standard InChI is InChI=1S/C21H25N3O2/c1-16-7-8-20(13-22-16)26-15-17-4-2-5-18(12-17)21(25)24-11-10-23-9-3-6-19(23)14-24/h2,4-5,7-8,12-13,19H,3,6,9-11,14-15H2,1H3/t19-/m0/s1. The highest BCUT2D eigenvalue weighted by Crippen LogP contribution is 2.23. The van der Waals surface area contributed by atoms with Gasteiger partial charge in [-0.25, -0.2) is 0 Å². The van der Waals surface area contributed by atoms with E-state index in [-0.39, 0.29) is 5.91 Å². The minimum absolute atomic E-state index is 0.135. The Morgan fingerprint density at radius 2 is 2.15 bits per heavy atom. The number of pyridine rings is 1. The lowest BCUT2D eigenvalue weighted by Crippen LogP contribution is -2.52. The summed E-state index contributed by atoms with van der Waals surface area (Å²) in [5.74, 6) is 0.875. The Morgan fingerprint density at radius 1 is 1.23 bits per heavy atom. The van der Waals surface area contributed by atoms with Crippen molar-refractivity contribution in [1.29, 1.82) is 0 Å². The molecule has 0 bridgehead atoms. The molecule has 26 heavy (non-hydrogen) atoms. The van der Waals surface area contributed by atoms with E-state index in [0.29, 0.717) is 12.6 Å². The molecule has 4 rings (SSSR count). The third-order valence-corrected chi connectivity index (χ3v) is 5.34. The molecule has 136 valence electrons. The van der Waals surface area contributed by atoms with Gasteiger partial charge in [-0.1, -0.05) is 12.1 Å². The first-order chi connectivity index (χ1) is 12.7. The van der Waals surface area contributed by atoms with Gasteiger partial charge in [0.25, 0.3) is 5.91 Å². The molecule has 0 N–H and O–H groups in total. The molecule has 2 aliphatic rings. The zero-order valence-electron chi connectivity index (χ0n) is 15.2. The Morgan fingerprint density at radius 3 is 3.00 bits per heavy atom. The van der Waals surface area contributed by atoms with E-state index < -0.39 is 0 Å². The van der Waals surface area contributed by atoms with E-state index in [4.69, 9.17) is 4.74 Å². The van der Waals surface area contributed by atoms with Crippen LogP contribution in [0.1, 0.15) is 34.5 Å². The predicted molar refractivity (Wildman–Crippen MR) is 100 cm³/mol.